The van der Waals surface area contributed by atoms with Crippen LogP contribution in [0.4, 0.5) is 0 Å². The molecular weight excluding hydrogens is 252 g/mol. The van der Waals surface area contributed by atoms with Crippen LogP contribution in [0.15, 0.2) is 30.3 Å². The molecule has 2 atom stereocenters. The molecule has 0 saturated heterocycles. The van der Waals surface area contributed by atoms with Crippen molar-refractivity contribution in [1.82, 2.24) is 5.32 Å². The summed E-state index contributed by atoms with van der Waals surface area (Å²) >= 11 is 0. The molecule has 5 N–H and O–H groups in total. The molecule has 0 bridgehead atoms. The van der Waals surface area contributed by atoms with E-state index in [9.17, 15) is 14.4 Å². The Morgan fingerprint density at radius 3 is 2.21 bits per heavy atom. The first-order valence-electron chi connectivity index (χ1n) is 5.47. The smallest absolute Gasteiger partial charge is 0.330 e. The van der Waals surface area contributed by atoms with E-state index in [0.717, 1.165) is 0 Å². The Morgan fingerprint density at radius 2 is 1.74 bits per heavy atom. The monoisotopic (exact) mass is 266 g/mol. The van der Waals surface area contributed by atoms with E-state index in [-0.39, 0.29) is 0 Å². The lowest BCUT2D eigenvalue weighted by atomic mass is 10.1. The van der Waals surface area contributed by atoms with Crippen LogP contribution in [0.25, 0.3) is 0 Å². The second-order valence-corrected chi connectivity index (χ2v) is 3.89. The molecule has 1 aromatic carbocycles. The third kappa shape index (κ3) is 4.40. The van der Waals surface area contributed by atoms with Crippen LogP contribution in [-0.4, -0.2) is 34.1 Å². The first kappa shape index (κ1) is 14.7. The molecule has 0 radical (unpaired) electrons. The highest BCUT2D eigenvalue weighted by Gasteiger charge is 2.25. The molecule has 102 valence electrons. The highest BCUT2D eigenvalue weighted by Crippen LogP contribution is 2.12. The Bertz CT molecular complexity index is 474. The summed E-state index contributed by atoms with van der Waals surface area (Å²) in [4.78, 5) is 33.1. The number of hydrogen-bond acceptors (Lipinski definition) is 4. The van der Waals surface area contributed by atoms with Crippen molar-refractivity contribution in [2.24, 2.45) is 5.73 Å². The molecule has 0 aromatic heterocycles. The van der Waals surface area contributed by atoms with Gasteiger partial charge < -0.3 is 21.3 Å². The molecule has 0 saturated carbocycles. The van der Waals surface area contributed by atoms with Crippen molar-refractivity contribution in [3.05, 3.63) is 35.9 Å². The molecule has 0 heterocycles. The largest absolute Gasteiger partial charge is 0.481 e. The van der Waals surface area contributed by atoms with Crippen LogP contribution in [0.5, 0.6) is 0 Å². The van der Waals surface area contributed by atoms with Crippen LogP contribution in [0.2, 0.25) is 0 Å². The van der Waals surface area contributed by atoms with E-state index in [4.69, 9.17) is 15.9 Å². The summed E-state index contributed by atoms with van der Waals surface area (Å²) in [6.07, 6.45) is -0.563. The van der Waals surface area contributed by atoms with Gasteiger partial charge >= 0.3 is 11.9 Å². The van der Waals surface area contributed by atoms with Gasteiger partial charge in [0.25, 0.3) is 0 Å². The molecule has 1 amide bonds. The zero-order valence-electron chi connectivity index (χ0n) is 9.95. The summed E-state index contributed by atoms with van der Waals surface area (Å²) in [6.45, 7) is 0. The fourth-order valence-corrected chi connectivity index (χ4v) is 1.46. The van der Waals surface area contributed by atoms with Crippen LogP contribution in [-0.2, 0) is 14.4 Å². The summed E-state index contributed by atoms with van der Waals surface area (Å²) < 4.78 is 0. The number of carboxylic acids is 2. The molecule has 1 rings (SSSR count). The lowest BCUT2D eigenvalue weighted by molar-refractivity contribution is -0.142. The van der Waals surface area contributed by atoms with Crippen molar-refractivity contribution in [3.8, 4) is 0 Å². The molecule has 7 heteroatoms. The van der Waals surface area contributed by atoms with Crippen LogP contribution >= 0.6 is 0 Å². The van der Waals surface area contributed by atoms with Crippen molar-refractivity contribution < 1.29 is 24.6 Å². The number of hydrogen-bond donors (Lipinski definition) is 4. The number of benzene rings is 1. The Balaban J connectivity index is 2.78. The highest BCUT2D eigenvalue weighted by molar-refractivity contribution is 5.89. The predicted octanol–water partition coefficient (Wildman–Crippen LogP) is -0.269. The number of carbonyl (C=O) groups excluding carboxylic acids is 1. The van der Waals surface area contributed by atoms with Gasteiger partial charge in [0.1, 0.15) is 0 Å². The molecule has 19 heavy (non-hydrogen) atoms. The minimum Gasteiger partial charge on any atom is -0.481 e. The van der Waals surface area contributed by atoms with Gasteiger partial charge in [-0.15, -0.1) is 0 Å². The normalized spacial score (nSPS) is 13.3. The fourth-order valence-electron chi connectivity index (χ4n) is 1.46. The SMILES string of the molecule is NC(CC(=O)O)C(=O)NC(C(=O)O)c1ccccc1. The Labute approximate surface area is 109 Å². The summed E-state index contributed by atoms with van der Waals surface area (Å²) in [5.41, 5.74) is 5.74. The second kappa shape index (κ2) is 6.50. The van der Waals surface area contributed by atoms with Gasteiger partial charge in [0.15, 0.2) is 6.04 Å². The van der Waals surface area contributed by atoms with Gasteiger partial charge in [-0.1, -0.05) is 30.3 Å². The van der Waals surface area contributed by atoms with Crippen LogP contribution in [0.3, 0.4) is 0 Å². The second-order valence-electron chi connectivity index (χ2n) is 3.89. The third-order valence-corrected chi connectivity index (χ3v) is 2.40. The Kier molecular flexibility index (Phi) is 5.01. The maximum atomic E-state index is 11.6. The number of amides is 1. The van der Waals surface area contributed by atoms with E-state index in [2.05, 4.69) is 5.32 Å². The van der Waals surface area contributed by atoms with Gasteiger partial charge in [-0.25, -0.2) is 4.79 Å². The minimum absolute atomic E-state index is 0.380. The van der Waals surface area contributed by atoms with Crippen molar-refractivity contribution >= 4 is 17.8 Å². The molecule has 2 unspecified atom stereocenters. The van der Waals surface area contributed by atoms with Gasteiger partial charge in [0.2, 0.25) is 5.91 Å². The summed E-state index contributed by atoms with van der Waals surface area (Å²) in [5.74, 6) is -3.30. The molecule has 1 aromatic rings. The van der Waals surface area contributed by atoms with Gasteiger partial charge in [-0.05, 0) is 5.56 Å². The first-order valence-corrected chi connectivity index (χ1v) is 5.47. The molecular formula is C12H14N2O5. The summed E-state index contributed by atoms with van der Waals surface area (Å²) in [6, 6.07) is 5.52. The molecule has 0 spiro atoms. The quantitative estimate of drug-likeness (QED) is 0.560. The highest BCUT2D eigenvalue weighted by atomic mass is 16.4. The number of carboxylic acid groups (broad SMARTS) is 2. The number of nitrogens with two attached hydrogens (primary N) is 1. The van der Waals surface area contributed by atoms with Gasteiger partial charge in [-0.2, -0.15) is 0 Å². The maximum absolute atomic E-state index is 11.6. The first-order chi connectivity index (χ1) is 8.91. The van der Waals surface area contributed by atoms with Crippen LogP contribution < -0.4 is 11.1 Å². The van der Waals surface area contributed by atoms with E-state index >= 15 is 0 Å². The Hall–Kier alpha value is -2.41. The minimum atomic E-state index is -1.29. The average Bonchev–Trinajstić information content (AvgIpc) is 2.35. The van der Waals surface area contributed by atoms with E-state index in [1.165, 1.54) is 0 Å². The van der Waals surface area contributed by atoms with Gasteiger partial charge in [-0.3, -0.25) is 9.59 Å². The maximum Gasteiger partial charge on any atom is 0.330 e. The van der Waals surface area contributed by atoms with E-state index in [1.54, 1.807) is 30.3 Å². The van der Waals surface area contributed by atoms with E-state index in [1.807, 2.05) is 0 Å². The molecule has 0 fully saturated rings. The average molecular weight is 266 g/mol. The predicted molar refractivity (Wildman–Crippen MR) is 65.2 cm³/mol. The number of aliphatic carboxylic acids is 2. The van der Waals surface area contributed by atoms with Crippen molar-refractivity contribution in [1.29, 1.82) is 0 Å². The van der Waals surface area contributed by atoms with Crippen molar-refractivity contribution in [2.45, 2.75) is 18.5 Å². The van der Waals surface area contributed by atoms with Crippen LogP contribution in [0.1, 0.15) is 18.0 Å². The lowest BCUT2D eigenvalue weighted by Crippen LogP contribution is -2.45. The molecule has 7 nitrogen and oxygen atoms in total. The molecule has 0 aliphatic carbocycles. The van der Waals surface area contributed by atoms with Crippen LogP contribution in [0, 0.1) is 0 Å². The number of nitrogens with one attached hydrogen (secondary N) is 1. The summed E-state index contributed by atoms with van der Waals surface area (Å²) in [5, 5.41) is 19.8. The van der Waals surface area contributed by atoms with E-state index < -0.39 is 36.4 Å². The zero-order valence-corrected chi connectivity index (χ0v) is 9.95. The summed E-state index contributed by atoms with van der Waals surface area (Å²) in [7, 11) is 0. The Morgan fingerprint density at radius 1 is 1.16 bits per heavy atom. The lowest BCUT2D eigenvalue weighted by Gasteiger charge is -2.17. The van der Waals surface area contributed by atoms with Gasteiger partial charge in [0.05, 0.1) is 12.5 Å². The standard InChI is InChI=1S/C12H14N2O5/c13-8(6-9(15)16)11(17)14-10(12(18)19)7-4-2-1-3-5-7/h1-5,8,10H,6,13H2,(H,14,17)(H,15,16)(H,18,19). The number of carbonyl (C=O) groups is 3. The third-order valence-electron chi connectivity index (χ3n) is 2.40. The van der Waals surface area contributed by atoms with Crippen molar-refractivity contribution in [3.63, 3.8) is 0 Å². The zero-order chi connectivity index (χ0) is 14.4. The molecule has 0 aliphatic rings. The van der Waals surface area contributed by atoms with Gasteiger partial charge in [0, 0.05) is 0 Å². The molecule has 0 aliphatic heterocycles. The van der Waals surface area contributed by atoms with Crippen molar-refractivity contribution in [2.75, 3.05) is 0 Å². The fraction of sp³-hybridized carbons (Fsp3) is 0.250. The van der Waals surface area contributed by atoms with E-state index in [0.29, 0.717) is 5.56 Å². The topological polar surface area (TPSA) is 130 Å². The number of rotatable bonds is 6.